The van der Waals surface area contributed by atoms with Gasteiger partial charge in [0.2, 0.25) is 5.91 Å². The molecule has 1 aliphatic rings. The quantitative estimate of drug-likeness (QED) is 0.713. The van der Waals surface area contributed by atoms with Crippen molar-refractivity contribution in [2.24, 2.45) is 5.92 Å². The molecular formula is C21H18BrN3O3. The summed E-state index contributed by atoms with van der Waals surface area (Å²) < 4.78 is 0.709. The molecule has 6 nitrogen and oxygen atoms in total. The lowest BCUT2D eigenvalue weighted by Gasteiger charge is -2.27. The Bertz CT molecular complexity index is 975. The van der Waals surface area contributed by atoms with E-state index in [0.29, 0.717) is 27.7 Å². The molecule has 3 rings (SSSR count). The molecule has 0 saturated carbocycles. The molecule has 7 heteroatoms. The number of rotatable bonds is 5. The molecular weight excluding hydrogens is 422 g/mol. The van der Waals surface area contributed by atoms with Crippen molar-refractivity contribution in [3.63, 3.8) is 0 Å². The maximum absolute atomic E-state index is 13.1. The Hall–Kier alpha value is -2.98. The van der Waals surface area contributed by atoms with Crippen LogP contribution in [0.1, 0.15) is 46.5 Å². The number of anilines is 1. The first-order chi connectivity index (χ1) is 13.3. The Kier molecular flexibility index (Phi) is 5.61. The van der Waals surface area contributed by atoms with E-state index in [1.807, 2.05) is 19.9 Å². The van der Waals surface area contributed by atoms with Gasteiger partial charge in [0, 0.05) is 4.47 Å². The maximum atomic E-state index is 13.1. The minimum atomic E-state index is -0.970. The molecule has 2 aromatic rings. The summed E-state index contributed by atoms with van der Waals surface area (Å²) in [6.07, 6.45) is 0.315. The number of nitriles is 1. The zero-order chi connectivity index (χ0) is 20.4. The van der Waals surface area contributed by atoms with Crippen LogP contribution in [0.25, 0.3) is 0 Å². The van der Waals surface area contributed by atoms with Crippen LogP contribution >= 0.6 is 15.9 Å². The predicted octanol–water partition coefficient (Wildman–Crippen LogP) is 3.97. The maximum Gasteiger partial charge on any atom is 0.262 e. The van der Waals surface area contributed by atoms with Gasteiger partial charge in [0.1, 0.15) is 12.1 Å². The molecule has 1 atom stereocenters. The van der Waals surface area contributed by atoms with E-state index in [0.717, 1.165) is 4.90 Å². The Morgan fingerprint density at radius 2 is 1.75 bits per heavy atom. The standard InChI is InChI=1S/C21H18BrN3O3/c1-12(2)9-18(19(26)24-17-8-7-14(22)10-13(17)11-23)25-20(27)15-5-3-4-6-16(15)21(25)28/h3-8,10,12,18H,9H2,1-2H3,(H,24,26). The molecule has 0 aromatic heterocycles. The third kappa shape index (κ3) is 3.69. The van der Waals surface area contributed by atoms with Crippen molar-refractivity contribution in [3.8, 4) is 6.07 Å². The topological polar surface area (TPSA) is 90.3 Å². The number of hydrogen-bond donors (Lipinski definition) is 1. The van der Waals surface area contributed by atoms with E-state index in [-0.39, 0.29) is 11.5 Å². The molecule has 0 saturated heterocycles. The highest BCUT2D eigenvalue weighted by Crippen LogP contribution is 2.28. The van der Waals surface area contributed by atoms with Crippen molar-refractivity contribution in [1.29, 1.82) is 5.26 Å². The number of nitrogens with zero attached hydrogens (tertiary/aromatic N) is 2. The SMILES string of the molecule is CC(C)CC(C(=O)Nc1ccc(Br)cc1C#N)N1C(=O)c2ccccc2C1=O. The lowest BCUT2D eigenvalue weighted by molar-refractivity contribution is -0.120. The van der Waals surface area contributed by atoms with Crippen molar-refractivity contribution < 1.29 is 14.4 Å². The van der Waals surface area contributed by atoms with Gasteiger partial charge < -0.3 is 5.32 Å². The minimum Gasteiger partial charge on any atom is -0.323 e. The number of carbonyl (C=O) groups excluding carboxylic acids is 3. The number of carbonyl (C=O) groups is 3. The van der Waals surface area contributed by atoms with Gasteiger partial charge in [0.25, 0.3) is 11.8 Å². The molecule has 1 heterocycles. The number of nitrogens with one attached hydrogen (secondary N) is 1. The van der Waals surface area contributed by atoms with Crippen LogP contribution in [-0.2, 0) is 4.79 Å². The molecule has 28 heavy (non-hydrogen) atoms. The molecule has 3 amide bonds. The van der Waals surface area contributed by atoms with Gasteiger partial charge in [-0.2, -0.15) is 5.26 Å². The summed E-state index contributed by atoms with van der Waals surface area (Å²) in [4.78, 5) is 39.7. The van der Waals surface area contributed by atoms with Crippen molar-refractivity contribution in [1.82, 2.24) is 4.90 Å². The summed E-state index contributed by atoms with van der Waals surface area (Å²) in [6, 6.07) is 12.5. The monoisotopic (exact) mass is 439 g/mol. The molecule has 2 aromatic carbocycles. The first kappa shape index (κ1) is 19.8. The van der Waals surface area contributed by atoms with Gasteiger partial charge in [-0.05, 0) is 42.7 Å². The highest BCUT2D eigenvalue weighted by Gasteiger charge is 2.42. The second-order valence-corrected chi connectivity index (χ2v) is 7.88. The summed E-state index contributed by atoms with van der Waals surface area (Å²) in [5, 5.41) is 12.0. The van der Waals surface area contributed by atoms with Crippen LogP contribution in [0, 0.1) is 17.2 Å². The van der Waals surface area contributed by atoms with Crippen LogP contribution in [0.4, 0.5) is 5.69 Å². The van der Waals surface area contributed by atoms with E-state index in [1.54, 1.807) is 42.5 Å². The van der Waals surface area contributed by atoms with Crippen LogP contribution in [0.3, 0.4) is 0 Å². The number of amides is 3. The molecule has 0 bridgehead atoms. The average Bonchev–Trinajstić information content (AvgIpc) is 2.92. The van der Waals surface area contributed by atoms with E-state index in [4.69, 9.17) is 0 Å². The van der Waals surface area contributed by atoms with Crippen LogP contribution in [0.15, 0.2) is 46.9 Å². The summed E-state index contributed by atoms with van der Waals surface area (Å²) in [7, 11) is 0. The van der Waals surface area contributed by atoms with Crippen LogP contribution < -0.4 is 5.32 Å². The molecule has 0 fully saturated rings. The largest absolute Gasteiger partial charge is 0.323 e. The van der Waals surface area contributed by atoms with Gasteiger partial charge in [-0.3, -0.25) is 19.3 Å². The number of halogens is 1. The second-order valence-electron chi connectivity index (χ2n) is 6.96. The molecule has 1 N–H and O–H groups in total. The number of benzene rings is 2. The first-order valence-electron chi connectivity index (χ1n) is 8.81. The molecule has 0 aliphatic carbocycles. The number of hydrogen-bond acceptors (Lipinski definition) is 4. The van der Waals surface area contributed by atoms with Gasteiger partial charge in [0.05, 0.1) is 22.4 Å². The zero-order valence-corrected chi connectivity index (χ0v) is 17.0. The lowest BCUT2D eigenvalue weighted by atomic mass is 10.0. The third-order valence-electron chi connectivity index (χ3n) is 4.49. The summed E-state index contributed by atoms with van der Waals surface area (Å²) in [5.74, 6) is -1.38. The Labute approximate surface area is 171 Å². The van der Waals surface area contributed by atoms with Crippen molar-refractivity contribution in [3.05, 3.63) is 63.6 Å². The Balaban J connectivity index is 1.94. The predicted molar refractivity (Wildman–Crippen MR) is 108 cm³/mol. The Morgan fingerprint density at radius 1 is 1.14 bits per heavy atom. The highest BCUT2D eigenvalue weighted by molar-refractivity contribution is 9.10. The van der Waals surface area contributed by atoms with Crippen LogP contribution in [0.5, 0.6) is 0 Å². The average molecular weight is 440 g/mol. The van der Waals surface area contributed by atoms with E-state index in [1.165, 1.54) is 0 Å². The number of imide groups is 1. The lowest BCUT2D eigenvalue weighted by Crippen LogP contribution is -2.48. The van der Waals surface area contributed by atoms with E-state index < -0.39 is 23.8 Å². The van der Waals surface area contributed by atoms with Crippen molar-refractivity contribution >= 4 is 39.3 Å². The van der Waals surface area contributed by atoms with Crippen molar-refractivity contribution in [2.45, 2.75) is 26.3 Å². The smallest absolute Gasteiger partial charge is 0.262 e. The molecule has 142 valence electrons. The fourth-order valence-electron chi connectivity index (χ4n) is 3.20. The first-order valence-corrected chi connectivity index (χ1v) is 9.60. The van der Waals surface area contributed by atoms with E-state index in [2.05, 4.69) is 21.2 Å². The highest BCUT2D eigenvalue weighted by atomic mass is 79.9. The molecule has 0 radical (unpaired) electrons. The van der Waals surface area contributed by atoms with Gasteiger partial charge in [0.15, 0.2) is 0 Å². The summed E-state index contributed by atoms with van der Waals surface area (Å²) in [6.45, 7) is 3.83. The van der Waals surface area contributed by atoms with E-state index in [9.17, 15) is 19.6 Å². The fraction of sp³-hybridized carbons (Fsp3) is 0.238. The zero-order valence-electron chi connectivity index (χ0n) is 15.4. The van der Waals surface area contributed by atoms with Crippen LogP contribution in [0.2, 0.25) is 0 Å². The van der Waals surface area contributed by atoms with Crippen LogP contribution in [-0.4, -0.2) is 28.7 Å². The van der Waals surface area contributed by atoms with E-state index >= 15 is 0 Å². The van der Waals surface area contributed by atoms with Crippen molar-refractivity contribution in [2.75, 3.05) is 5.32 Å². The fourth-order valence-corrected chi connectivity index (χ4v) is 3.56. The Morgan fingerprint density at radius 3 is 2.29 bits per heavy atom. The third-order valence-corrected chi connectivity index (χ3v) is 4.99. The molecule has 1 unspecified atom stereocenters. The van der Waals surface area contributed by atoms with Gasteiger partial charge >= 0.3 is 0 Å². The number of fused-ring (bicyclic) bond motifs is 1. The second kappa shape index (κ2) is 7.95. The minimum absolute atomic E-state index is 0.0698. The molecule has 1 aliphatic heterocycles. The summed E-state index contributed by atoms with van der Waals surface area (Å²) >= 11 is 3.29. The van der Waals surface area contributed by atoms with Gasteiger partial charge in [-0.1, -0.05) is 41.9 Å². The van der Waals surface area contributed by atoms with Gasteiger partial charge in [-0.25, -0.2) is 0 Å². The normalized spacial score (nSPS) is 14.0. The molecule has 0 spiro atoms. The van der Waals surface area contributed by atoms with Gasteiger partial charge in [-0.15, -0.1) is 0 Å². The summed E-state index contributed by atoms with van der Waals surface area (Å²) in [5.41, 5.74) is 1.22.